The first-order chi connectivity index (χ1) is 15.7. The highest BCUT2D eigenvalue weighted by atomic mass is 14.8. The van der Waals surface area contributed by atoms with E-state index in [-0.39, 0.29) is 0 Å². The van der Waals surface area contributed by atoms with Gasteiger partial charge in [0.15, 0.2) is 0 Å². The van der Waals surface area contributed by atoms with E-state index in [2.05, 4.69) is 72.8 Å². The van der Waals surface area contributed by atoms with E-state index in [0.29, 0.717) is 11.8 Å². The average Bonchev–Trinajstić information content (AvgIpc) is 2.81. The predicted octanol–water partition coefficient (Wildman–Crippen LogP) is 7.77. The highest BCUT2D eigenvalue weighted by Crippen LogP contribution is 2.53. The van der Waals surface area contributed by atoms with E-state index < -0.39 is 0 Å². The Bertz CT molecular complexity index is 1370. The summed E-state index contributed by atoms with van der Waals surface area (Å²) in [6.45, 7) is 0. The number of fused-ring (bicyclic) bond motifs is 2. The Kier molecular flexibility index (Phi) is 4.00. The molecule has 32 heavy (non-hydrogen) atoms. The number of nitrogen functional groups attached to an aromatic ring is 1. The summed E-state index contributed by atoms with van der Waals surface area (Å²) in [5, 5.41) is 4.90. The van der Waals surface area contributed by atoms with Crippen molar-refractivity contribution >= 4 is 38.6 Å². The third-order valence-corrected chi connectivity index (χ3v) is 8.34. The van der Waals surface area contributed by atoms with Gasteiger partial charge in [-0.3, -0.25) is 4.99 Å². The van der Waals surface area contributed by atoms with Crippen LogP contribution in [0.5, 0.6) is 0 Å². The summed E-state index contributed by atoms with van der Waals surface area (Å²) in [6, 6.07) is 25.9. The van der Waals surface area contributed by atoms with Crippen LogP contribution in [0.1, 0.15) is 32.1 Å². The lowest BCUT2D eigenvalue weighted by Crippen LogP contribution is -2.45. The molecule has 158 valence electrons. The van der Waals surface area contributed by atoms with E-state index in [1.54, 1.807) is 0 Å². The van der Waals surface area contributed by atoms with Crippen molar-refractivity contribution in [2.45, 2.75) is 32.1 Å². The van der Waals surface area contributed by atoms with Crippen LogP contribution in [-0.4, -0.2) is 5.71 Å². The summed E-state index contributed by atoms with van der Waals surface area (Å²) >= 11 is 0. The molecule has 0 spiro atoms. The smallest absolute Gasteiger partial charge is 0.0715 e. The second kappa shape index (κ2) is 6.93. The van der Waals surface area contributed by atoms with E-state index in [1.807, 2.05) is 0 Å². The van der Waals surface area contributed by atoms with Crippen molar-refractivity contribution in [1.29, 1.82) is 0 Å². The third kappa shape index (κ3) is 2.75. The monoisotopic (exact) mass is 416 g/mol. The van der Waals surface area contributed by atoms with Gasteiger partial charge in [-0.2, -0.15) is 0 Å². The number of nitrogens with zero attached hydrogens (tertiary/aromatic N) is 1. The standard InChI is InChI=1S/C30H28N2/c31-26-11-9-20-5-1-3-7-24(20)28(26)29-25-8-4-2-6-21(25)10-12-27(29)32-30-22-14-18-13-19(16-22)17-23(30)15-18/h1-12,18-19,22-23H,13-17,31H2. The molecule has 4 aromatic rings. The second-order valence-corrected chi connectivity index (χ2v) is 10.3. The van der Waals surface area contributed by atoms with Crippen molar-refractivity contribution in [3.05, 3.63) is 72.8 Å². The van der Waals surface area contributed by atoms with E-state index in [0.717, 1.165) is 28.8 Å². The lowest BCUT2D eigenvalue weighted by Gasteiger charge is -2.50. The lowest BCUT2D eigenvalue weighted by atomic mass is 9.55. The molecule has 0 radical (unpaired) electrons. The predicted molar refractivity (Wildman–Crippen MR) is 135 cm³/mol. The molecule has 0 atom stereocenters. The molecule has 4 fully saturated rings. The van der Waals surface area contributed by atoms with Crippen molar-refractivity contribution in [2.75, 3.05) is 5.73 Å². The van der Waals surface area contributed by atoms with Crippen LogP contribution in [0.15, 0.2) is 77.8 Å². The Morgan fingerprint density at radius 3 is 1.81 bits per heavy atom. The largest absolute Gasteiger partial charge is 0.398 e. The summed E-state index contributed by atoms with van der Waals surface area (Å²) in [4.78, 5) is 5.49. The molecule has 4 saturated carbocycles. The summed E-state index contributed by atoms with van der Waals surface area (Å²) in [7, 11) is 0. The van der Waals surface area contributed by atoms with Crippen LogP contribution in [0.3, 0.4) is 0 Å². The van der Waals surface area contributed by atoms with E-state index in [1.165, 1.54) is 64.9 Å². The minimum absolute atomic E-state index is 0.690. The van der Waals surface area contributed by atoms with Crippen LogP contribution >= 0.6 is 0 Å². The molecule has 4 aromatic carbocycles. The minimum atomic E-state index is 0.690. The maximum absolute atomic E-state index is 6.68. The molecule has 2 heteroatoms. The van der Waals surface area contributed by atoms with Gasteiger partial charge in [-0.15, -0.1) is 0 Å². The van der Waals surface area contributed by atoms with Gasteiger partial charge < -0.3 is 5.73 Å². The van der Waals surface area contributed by atoms with Crippen molar-refractivity contribution in [1.82, 2.24) is 0 Å². The number of anilines is 1. The van der Waals surface area contributed by atoms with Gasteiger partial charge in [0.25, 0.3) is 0 Å². The van der Waals surface area contributed by atoms with Crippen molar-refractivity contribution in [3.8, 4) is 11.1 Å². The zero-order valence-electron chi connectivity index (χ0n) is 18.3. The molecular weight excluding hydrogens is 388 g/mol. The second-order valence-electron chi connectivity index (χ2n) is 10.3. The zero-order chi connectivity index (χ0) is 21.2. The molecule has 0 unspecified atom stereocenters. The highest BCUT2D eigenvalue weighted by molar-refractivity contribution is 6.13. The number of nitrogens with two attached hydrogens (primary N) is 1. The fraction of sp³-hybridized carbons (Fsp3) is 0.300. The van der Waals surface area contributed by atoms with Crippen LogP contribution in [-0.2, 0) is 0 Å². The SMILES string of the molecule is Nc1ccc2ccccc2c1-c1c(N=C2C3CC4CC(C3)CC2C4)ccc2ccccc12. The Morgan fingerprint density at radius 1 is 0.594 bits per heavy atom. The maximum atomic E-state index is 6.68. The molecule has 0 heterocycles. The van der Waals surface area contributed by atoms with E-state index in [4.69, 9.17) is 10.7 Å². The quantitative estimate of drug-likeness (QED) is 0.333. The molecule has 8 rings (SSSR count). The Hall–Kier alpha value is -3.13. The van der Waals surface area contributed by atoms with Gasteiger partial charge in [-0.25, -0.2) is 0 Å². The van der Waals surface area contributed by atoms with Gasteiger partial charge in [0, 0.05) is 22.5 Å². The molecule has 2 N–H and O–H groups in total. The molecule has 4 bridgehead atoms. The van der Waals surface area contributed by atoms with Gasteiger partial charge in [0.2, 0.25) is 0 Å². The number of hydrogen-bond acceptors (Lipinski definition) is 2. The lowest BCUT2D eigenvalue weighted by molar-refractivity contribution is 0.109. The first-order valence-corrected chi connectivity index (χ1v) is 12.1. The van der Waals surface area contributed by atoms with E-state index >= 15 is 0 Å². The molecule has 0 amide bonds. The normalized spacial score (nSPS) is 26.2. The van der Waals surface area contributed by atoms with Crippen LogP contribution in [0.25, 0.3) is 32.7 Å². The van der Waals surface area contributed by atoms with Crippen LogP contribution in [0, 0.1) is 23.7 Å². The molecule has 0 aliphatic heterocycles. The average molecular weight is 417 g/mol. The van der Waals surface area contributed by atoms with Crippen molar-refractivity contribution < 1.29 is 0 Å². The molecule has 4 aliphatic carbocycles. The number of aliphatic imine (C=N–C) groups is 1. The first-order valence-electron chi connectivity index (χ1n) is 12.1. The minimum Gasteiger partial charge on any atom is -0.398 e. The fourth-order valence-electron chi connectivity index (χ4n) is 7.17. The molecule has 0 saturated heterocycles. The van der Waals surface area contributed by atoms with Gasteiger partial charge in [0.1, 0.15) is 0 Å². The maximum Gasteiger partial charge on any atom is 0.0715 e. The Balaban J connectivity index is 1.51. The zero-order valence-corrected chi connectivity index (χ0v) is 18.3. The van der Waals surface area contributed by atoms with Crippen molar-refractivity contribution in [2.24, 2.45) is 28.7 Å². The molecule has 2 nitrogen and oxygen atoms in total. The topological polar surface area (TPSA) is 38.4 Å². The third-order valence-electron chi connectivity index (χ3n) is 8.34. The molecular formula is C30H28N2. The van der Waals surface area contributed by atoms with E-state index in [9.17, 15) is 0 Å². The summed E-state index contributed by atoms with van der Waals surface area (Å²) < 4.78 is 0. The molecule has 4 aliphatic rings. The van der Waals surface area contributed by atoms with Gasteiger partial charge in [0.05, 0.1) is 5.69 Å². The Morgan fingerprint density at radius 2 is 1.16 bits per heavy atom. The summed E-state index contributed by atoms with van der Waals surface area (Å²) in [6.07, 6.45) is 6.88. The number of hydrogen-bond donors (Lipinski definition) is 1. The van der Waals surface area contributed by atoms with Crippen molar-refractivity contribution in [3.63, 3.8) is 0 Å². The van der Waals surface area contributed by atoms with Crippen LogP contribution < -0.4 is 5.73 Å². The fourth-order valence-corrected chi connectivity index (χ4v) is 7.17. The van der Waals surface area contributed by atoms with Gasteiger partial charge in [-0.05, 0) is 89.5 Å². The van der Waals surface area contributed by atoms with Gasteiger partial charge in [-0.1, -0.05) is 60.7 Å². The molecule has 0 aromatic heterocycles. The summed E-state index contributed by atoms with van der Waals surface area (Å²) in [5.74, 6) is 3.27. The summed E-state index contributed by atoms with van der Waals surface area (Å²) in [5.41, 5.74) is 12.4. The first kappa shape index (κ1) is 18.4. The number of benzene rings is 4. The van der Waals surface area contributed by atoms with Crippen LogP contribution in [0.4, 0.5) is 11.4 Å². The van der Waals surface area contributed by atoms with Crippen LogP contribution in [0.2, 0.25) is 0 Å². The van der Waals surface area contributed by atoms with Gasteiger partial charge >= 0.3 is 0 Å². The Labute approximate surface area is 189 Å². The number of rotatable bonds is 2. The highest BCUT2D eigenvalue weighted by Gasteiger charge is 2.46.